The van der Waals surface area contributed by atoms with Crippen molar-refractivity contribution in [2.45, 2.75) is 37.5 Å². The van der Waals surface area contributed by atoms with Crippen LogP contribution in [0.4, 0.5) is 5.69 Å². The van der Waals surface area contributed by atoms with Crippen molar-refractivity contribution in [1.29, 1.82) is 0 Å². The number of carbonyl (C=O) groups excluding carboxylic acids is 2. The fraction of sp³-hybridized carbons (Fsp3) is 0.360. The van der Waals surface area contributed by atoms with E-state index in [9.17, 15) is 9.59 Å². The van der Waals surface area contributed by atoms with Gasteiger partial charge in [-0.2, -0.15) is 0 Å². The molecule has 3 aromatic rings. The zero-order chi connectivity index (χ0) is 23.4. The van der Waals surface area contributed by atoms with E-state index in [0.717, 1.165) is 15.8 Å². The first-order valence-corrected chi connectivity index (χ1v) is 12.0. The van der Waals surface area contributed by atoms with Gasteiger partial charge in [-0.15, -0.1) is 11.8 Å². The number of hydrogen-bond acceptors (Lipinski definition) is 5. The minimum Gasteiger partial charge on any atom is -0.497 e. The molecule has 0 aliphatic carbocycles. The van der Waals surface area contributed by atoms with Gasteiger partial charge in [0.25, 0.3) is 0 Å². The summed E-state index contributed by atoms with van der Waals surface area (Å²) < 4.78 is 12.9. The average molecular weight is 468 g/mol. The topological polar surface area (TPSA) is 72.8 Å². The predicted octanol–water partition coefficient (Wildman–Crippen LogP) is 4.02. The first-order chi connectivity index (χ1) is 15.9. The van der Waals surface area contributed by atoms with Gasteiger partial charge in [0, 0.05) is 46.8 Å². The van der Waals surface area contributed by atoms with Gasteiger partial charge < -0.3 is 24.3 Å². The molecule has 0 bridgehead atoms. The van der Waals surface area contributed by atoms with Crippen LogP contribution in [-0.2, 0) is 20.9 Å². The Bertz CT molecular complexity index is 1140. The lowest BCUT2D eigenvalue weighted by atomic mass is 10.2. The summed E-state index contributed by atoms with van der Waals surface area (Å²) in [6, 6.07) is 15.3. The molecule has 4 rings (SSSR count). The van der Waals surface area contributed by atoms with Crippen LogP contribution in [0.5, 0.6) is 5.75 Å². The van der Waals surface area contributed by atoms with Gasteiger partial charge in [-0.1, -0.05) is 24.3 Å². The quantitative estimate of drug-likeness (QED) is 0.532. The van der Waals surface area contributed by atoms with Gasteiger partial charge in [-0.25, -0.2) is 0 Å². The largest absolute Gasteiger partial charge is 0.497 e. The number of thioether (sulfide) groups is 1. The average Bonchev–Trinajstić information content (AvgIpc) is 3.14. The van der Waals surface area contributed by atoms with Crippen LogP contribution in [0.3, 0.4) is 0 Å². The summed E-state index contributed by atoms with van der Waals surface area (Å²) >= 11 is 1.46. The first kappa shape index (κ1) is 23.2. The number of fused-ring (bicyclic) bond motifs is 1. The number of morpholine rings is 1. The van der Waals surface area contributed by atoms with Crippen molar-refractivity contribution < 1.29 is 19.1 Å². The van der Waals surface area contributed by atoms with Gasteiger partial charge in [-0.3, -0.25) is 9.59 Å². The van der Waals surface area contributed by atoms with E-state index in [-0.39, 0.29) is 36.3 Å². The summed E-state index contributed by atoms with van der Waals surface area (Å²) in [4.78, 5) is 28.4. The number of ether oxygens (including phenoxy) is 2. The lowest BCUT2D eigenvalue weighted by molar-refractivity contribution is -0.143. The Hall–Kier alpha value is -2.97. The van der Waals surface area contributed by atoms with Gasteiger partial charge in [-0.05, 0) is 32.0 Å². The van der Waals surface area contributed by atoms with Crippen molar-refractivity contribution in [2.75, 3.05) is 31.3 Å². The third kappa shape index (κ3) is 5.69. The van der Waals surface area contributed by atoms with E-state index < -0.39 is 0 Å². The third-order valence-corrected chi connectivity index (χ3v) is 6.59. The number of hydrogen-bond donors (Lipinski definition) is 1. The first-order valence-electron chi connectivity index (χ1n) is 11.0. The molecule has 7 nitrogen and oxygen atoms in total. The SMILES string of the molecule is COc1cccc(NC(=O)CSc2cn(CC(=O)N3C[C@@H](C)O[C@H](C)C3)c3ccccc23)c1. The number of anilines is 1. The maximum absolute atomic E-state index is 13.0. The number of rotatable bonds is 7. The second-order valence-corrected chi connectivity index (χ2v) is 9.28. The highest BCUT2D eigenvalue weighted by Crippen LogP contribution is 2.30. The van der Waals surface area contributed by atoms with Crippen molar-refractivity contribution in [3.05, 3.63) is 54.7 Å². The molecule has 0 unspecified atom stereocenters. The van der Waals surface area contributed by atoms with Crippen molar-refractivity contribution >= 4 is 40.2 Å². The number of amides is 2. The fourth-order valence-corrected chi connectivity index (χ4v) is 5.02. The Morgan fingerprint density at radius 1 is 1.12 bits per heavy atom. The number of methoxy groups -OCH3 is 1. The summed E-state index contributed by atoms with van der Waals surface area (Å²) in [5.41, 5.74) is 1.68. The standard InChI is InChI=1S/C25H29N3O4S/c1-17-12-28(13-18(2)32-17)25(30)15-27-14-23(21-9-4-5-10-22(21)27)33-16-24(29)26-19-7-6-8-20(11-19)31-3/h4-11,14,17-18H,12-13,15-16H2,1-3H3,(H,26,29)/t17-,18-/m1/s1. The van der Waals surface area contributed by atoms with Crippen LogP contribution in [0.2, 0.25) is 0 Å². The van der Waals surface area contributed by atoms with Crippen LogP contribution in [0, 0.1) is 0 Å². The normalized spacial score (nSPS) is 18.3. The maximum Gasteiger partial charge on any atom is 0.242 e. The van der Waals surface area contributed by atoms with Crippen LogP contribution in [0.25, 0.3) is 10.9 Å². The van der Waals surface area contributed by atoms with Crippen LogP contribution in [0.1, 0.15) is 13.8 Å². The molecule has 8 heteroatoms. The molecule has 2 atom stereocenters. The zero-order valence-corrected chi connectivity index (χ0v) is 19.9. The van der Waals surface area contributed by atoms with E-state index in [1.807, 2.05) is 72.0 Å². The molecule has 2 amide bonds. The monoisotopic (exact) mass is 467 g/mol. The summed E-state index contributed by atoms with van der Waals surface area (Å²) in [7, 11) is 1.59. The van der Waals surface area contributed by atoms with Crippen molar-refractivity contribution in [3.8, 4) is 5.75 Å². The van der Waals surface area contributed by atoms with Crippen LogP contribution in [-0.4, -0.2) is 59.4 Å². The van der Waals surface area contributed by atoms with E-state index >= 15 is 0 Å². The molecule has 2 aromatic carbocycles. The molecule has 0 radical (unpaired) electrons. The Morgan fingerprint density at radius 2 is 1.88 bits per heavy atom. The van der Waals surface area contributed by atoms with E-state index in [2.05, 4.69) is 5.32 Å². The minimum absolute atomic E-state index is 0.0355. The molecule has 0 saturated carbocycles. The van der Waals surface area contributed by atoms with Crippen molar-refractivity contribution in [2.24, 2.45) is 0 Å². The second kappa shape index (κ2) is 10.3. The molecule has 1 fully saturated rings. The molecule has 1 N–H and O–H groups in total. The number of para-hydroxylation sites is 1. The molecule has 1 aliphatic heterocycles. The van der Waals surface area contributed by atoms with E-state index in [4.69, 9.17) is 9.47 Å². The molecular formula is C25H29N3O4S. The second-order valence-electron chi connectivity index (χ2n) is 8.26. The van der Waals surface area contributed by atoms with Crippen LogP contribution < -0.4 is 10.1 Å². The van der Waals surface area contributed by atoms with Gasteiger partial charge in [0.2, 0.25) is 11.8 Å². The third-order valence-electron chi connectivity index (χ3n) is 5.54. The summed E-state index contributed by atoms with van der Waals surface area (Å²) in [5.74, 6) is 0.928. The molecule has 2 heterocycles. The zero-order valence-electron chi connectivity index (χ0n) is 19.1. The van der Waals surface area contributed by atoms with E-state index in [1.165, 1.54) is 11.8 Å². The molecule has 1 aliphatic rings. The Morgan fingerprint density at radius 3 is 2.64 bits per heavy atom. The molecular weight excluding hydrogens is 438 g/mol. The van der Waals surface area contributed by atoms with Crippen LogP contribution >= 0.6 is 11.8 Å². The van der Waals surface area contributed by atoms with Gasteiger partial charge in [0.1, 0.15) is 12.3 Å². The smallest absolute Gasteiger partial charge is 0.242 e. The number of nitrogens with zero attached hydrogens (tertiary/aromatic N) is 2. The number of benzene rings is 2. The van der Waals surface area contributed by atoms with Gasteiger partial charge in [0.05, 0.1) is 25.1 Å². The summed E-state index contributed by atoms with van der Waals surface area (Å²) in [5, 5.41) is 3.94. The molecule has 0 spiro atoms. The summed E-state index contributed by atoms with van der Waals surface area (Å²) in [6.07, 6.45) is 2.04. The highest BCUT2D eigenvalue weighted by Gasteiger charge is 2.26. The number of carbonyl (C=O) groups is 2. The summed E-state index contributed by atoms with van der Waals surface area (Å²) in [6.45, 7) is 5.46. The molecule has 1 saturated heterocycles. The maximum atomic E-state index is 13.0. The lowest BCUT2D eigenvalue weighted by Gasteiger charge is -2.35. The Balaban J connectivity index is 1.44. The van der Waals surface area contributed by atoms with Crippen LogP contribution in [0.15, 0.2) is 59.6 Å². The Kier molecular flexibility index (Phi) is 7.25. The van der Waals surface area contributed by atoms with Gasteiger partial charge in [0.15, 0.2) is 0 Å². The number of aromatic nitrogens is 1. The van der Waals surface area contributed by atoms with E-state index in [0.29, 0.717) is 24.5 Å². The molecule has 33 heavy (non-hydrogen) atoms. The highest BCUT2D eigenvalue weighted by molar-refractivity contribution is 8.00. The lowest BCUT2D eigenvalue weighted by Crippen LogP contribution is -2.49. The number of nitrogens with one attached hydrogen (secondary N) is 1. The van der Waals surface area contributed by atoms with Crippen molar-refractivity contribution in [3.63, 3.8) is 0 Å². The van der Waals surface area contributed by atoms with E-state index in [1.54, 1.807) is 13.2 Å². The fourth-order valence-electron chi connectivity index (χ4n) is 4.13. The van der Waals surface area contributed by atoms with Crippen molar-refractivity contribution in [1.82, 2.24) is 9.47 Å². The Labute approximate surface area is 198 Å². The highest BCUT2D eigenvalue weighted by atomic mass is 32.2. The molecule has 174 valence electrons. The predicted molar refractivity (Wildman–Crippen MR) is 131 cm³/mol. The van der Waals surface area contributed by atoms with Gasteiger partial charge >= 0.3 is 0 Å². The molecule has 1 aromatic heterocycles. The minimum atomic E-state index is -0.0996.